The van der Waals surface area contributed by atoms with Gasteiger partial charge in [0.15, 0.2) is 5.82 Å². The van der Waals surface area contributed by atoms with Gasteiger partial charge in [-0.3, -0.25) is 4.98 Å². The van der Waals surface area contributed by atoms with Gasteiger partial charge >= 0.3 is 0 Å². The minimum Gasteiger partial charge on any atom is -0.264 e. The van der Waals surface area contributed by atoms with Crippen LogP contribution < -0.4 is 0 Å². The number of fused-ring (bicyclic) bond motifs is 1. The molecule has 0 amide bonds. The molecule has 3 rings (SSSR count). The second-order valence-corrected chi connectivity index (χ2v) is 5.14. The predicted octanol–water partition coefficient (Wildman–Crippen LogP) is 3.37. The Morgan fingerprint density at radius 1 is 1.18 bits per heavy atom. The summed E-state index contributed by atoms with van der Waals surface area (Å²) in [5, 5.41) is 1.15. The van der Waals surface area contributed by atoms with Gasteiger partial charge in [-0.05, 0) is 31.5 Å². The lowest BCUT2D eigenvalue weighted by atomic mass is 10.2. The Kier molecular flexibility index (Phi) is 2.37. The quantitative estimate of drug-likeness (QED) is 0.655. The van der Waals surface area contributed by atoms with Gasteiger partial charge in [-0.2, -0.15) is 0 Å². The van der Waals surface area contributed by atoms with Crippen LogP contribution in [0.3, 0.4) is 0 Å². The summed E-state index contributed by atoms with van der Waals surface area (Å²) in [5.74, 6) is 0.742. The van der Waals surface area contributed by atoms with Crippen LogP contribution >= 0.6 is 11.3 Å². The first-order valence-electron chi connectivity index (χ1n) is 5.39. The zero-order chi connectivity index (χ0) is 11.8. The third-order valence-electron chi connectivity index (χ3n) is 2.86. The van der Waals surface area contributed by atoms with E-state index in [-0.39, 0.29) is 0 Å². The Morgan fingerprint density at radius 3 is 2.82 bits per heavy atom. The van der Waals surface area contributed by atoms with E-state index in [9.17, 15) is 0 Å². The molecule has 3 aromatic heterocycles. The summed E-state index contributed by atoms with van der Waals surface area (Å²) in [6.45, 7) is 4.23. The molecule has 17 heavy (non-hydrogen) atoms. The van der Waals surface area contributed by atoms with E-state index in [1.165, 1.54) is 10.4 Å². The highest BCUT2D eigenvalue weighted by molar-refractivity contribution is 7.18. The summed E-state index contributed by atoms with van der Waals surface area (Å²) in [7, 11) is 0. The van der Waals surface area contributed by atoms with Gasteiger partial charge in [0.1, 0.15) is 4.83 Å². The molecule has 0 aliphatic rings. The van der Waals surface area contributed by atoms with Gasteiger partial charge < -0.3 is 0 Å². The summed E-state index contributed by atoms with van der Waals surface area (Å²) < 4.78 is 0. The fourth-order valence-corrected chi connectivity index (χ4v) is 2.75. The molecule has 3 nitrogen and oxygen atoms in total. The normalized spacial score (nSPS) is 10.9. The van der Waals surface area contributed by atoms with Crippen molar-refractivity contribution in [1.82, 2.24) is 15.0 Å². The lowest BCUT2D eigenvalue weighted by molar-refractivity contribution is 1.21. The van der Waals surface area contributed by atoms with Crippen LogP contribution in [0.25, 0.3) is 21.6 Å². The van der Waals surface area contributed by atoms with Crippen molar-refractivity contribution in [3.05, 3.63) is 41.2 Å². The first-order chi connectivity index (χ1) is 8.25. The average molecular weight is 241 g/mol. The largest absolute Gasteiger partial charge is 0.264 e. The monoisotopic (exact) mass is 241 g/mol. The van der Waals surface area contributed by atoms with Crippen molar-refractivity contribution in [2.75, 3.05) is 0 Å². The number of aromatic nitrogens is 3. The smallest absolute Gasteiger partial charge is 0.162 e. The molecule has 3 heterocycles. The average Bonchev–Trinajstić information content (AvgIpc) is 2.66. The Labute approximate surface area is 103 Å². The number of hydrogen-bond acceptors (Lipinski definition) is 4. The minimum atomic E-state index is 0.742. The van der Waals surface area contributed by atoms with Gasteiger partial charge in [-0.1, -0.05) is 0 Å². The van der Waals surface area contributed by atoms with Crippen molar-refractivity contribution in [3.8, 4) is 11.4 Å². The van der Waals surface area contributed by atoms with Crippen molar-refractivity contribution in [2.45, 2.75) is 13.8 Å². The molecule has 0 aliphatic heterocycles. The highest BCUT2D eigenvalue weighted by Gasteiger charge is 2.08. The van der Waals surface area contributed by atoms with Crippen molar-refractivity contribution in [1.29, 1.82) is 0 Å². The Morgan fingerprint density at radius 2 is 2.06 bits per heavy atom. The van der Waals surface area contributed by atoms with Crippen molar-refractivity contribution >= 4 is 21.6 Å². The minimum absolute atomic E-state index is 0.742. The van der Waals surface area contributed by atoms with Crippen molar-refractivity contribution in [2.24, 2.45) is 0 Å². The second-order valence-electron chi connectivity index (χ2n) is 3.94. The molecule has 0 unspecified atom stereocenters. The SMILES string of the molecule is Cc1sc2nc(-c3cccnc3)ncc2c1C. The Bertz CT molecular complexity index is 674. The van der Waals surface area contributed by atoms with Crippen LogP contribution in [-0.2, 0) is 0 Å². The summed E-state index contributed by atoms with van der Waals surface area (Å²) in [6, 6.07) is 3.87. The van der Waals surface area contributed by atoms with E-state index in [1.54, 1.807) is 23.7 Å². The van der Waals surface area contributed by atoms with Crippen LogP contribution in [0.2, 0.25) is 0 Å². The topological polar surface area (TPSA) is 38.7 Å². The fraction of sp³-hybridized carbons (Fsp3) is 0.154. The molecule has 0 atom stereocenters. The van der Waals surface area contributed by atoms with Crippen LogP contribution in [0.4, 0.5) is 0 Å². The molecule has 0 bridgehead atoms. The fourth-order valence-electron chi connectivity index (χ4n) is 1.75. The maximum Gasteiger partial charge on any atom is 0.162 e. The lowest BCUT2D eigenvalue weighted by Crippen LogP contribution is -1.88. The Balaban J connectivity index is 2.21. The molecule has 0 saturated carbocycles. The summed E-state index contributed by atoms with van der Waals surface area (Å²) in [5.41, 5.74) is 2.24. The van der Waals surface area contributed by atoms with Crippen molar-refractivity contribution < 1.29 is 0 Å². The third-order valence-corrected chi connectivity index (χ3v) is 3.97. The zero-order valence-electron chi connectivity index (χ0n) is 9.64. The van der Waals surface area contributed by atoms with E-state index in [1.807, 2.05) is 18.3 Å². The predicted molar refractivity (Wildman–Crippen MR) is 70.1 cm³/mol. The molecular weight excluding hydrogens is 230 g/mol. The molecule has 0 fully saturated rings. The van der Waals surface area contributed by atoms with E-state index < -0.39 is 0 Å². The number of hydrogen-bond donors (Lipinski definition) is 0. The molecule has 0 saturated heterocycles. The molecule has 0 radical (unpaired) electrons. The van der Waals surface area contributed by atoms with Gasteiger partial charge in [-0.25, -0.2) is 9.97 Å². The molecule has 0 aromatic carbocycles. The maximum absolute atomic E-state index is 4.59. The number of thiophene rings is 1. The molecule has 0 spiro atoms. The van der Waals surface area contributed by atoms with E-state index in [0.29, 0.717) is 0 Å². The second kappa shape index (κ2) is 3.89. The number of nitrogens with zero attached hydrogens (tertiary/aromatic N) is 3. The molecule has 4 heteroatoms. The lowest BCUT2D eigenvalue weighted by Gasteiger charge is -1.98. The summed E-state index contributed by atoms with van der Waals surface area (Å²) >= 11 is 1.72. The van der Waals surface area contributed by atoms with Crippen LogP contribution in [-0.4, -0.2) is 15.0 Å². The summed E-state index contributed by atoms with van der Waals surface area (Å²) in [4.78, 5) is 15.4. The first kappa shape index (κ1) is 10.4. The van der Waals surface area contributed by atoms with E-state index in [0.717, 1.165) is 21.6 Å². The van der Waals surface area contributed by atoms with Gasteiger partial charge in [-0.15, -0.1) is 11.3 Å². The van der Waals surface area contributed by atoms with Crippen molar-refractivity contribution in [3.63, 3.8) is 0 Å². The number of rotatable bonds is 1. The van der Waals surface area contributed by atoms with Crippen LogP contribution in [0, 0.1) is 13.8 Å². The molecule has 0 N–H and O–H groups in total. The van der Waals surface area contributed by atoms with E-state index >= 15 is 0 Å². The Hall–Kier alpha value is -1.81. The van der Waals surface area contributed by atoms with Gasteiger partial charge in [0.2, 0.25) is 0 Å². The summed E-state index contributed by atoms with van der Waals surface area (Å²) in [6.07, 6.45) is 5.44. The maximum atomic E-state index is 4.59. The van der Waals surface area contributed by atoms with Crippen LogP contribution in [0.15, 0.2) is 30.7 Å². The van der Waals surface area contributed by atoms with Crippen LogP contribution in [0.1, 0.15) is 10.4 Å². The third kappa shape index (κ3) is 1.70. The highest BCUT2D eigenvalue weighted by atomic mass is 32.1. The number of pyridine rings is 1. The van der Waals surface area contributed by atoms with E-state index in [2.05, 4.69) is 28.8 Å². The van der Waals surface area contributed by atoms with E-state index in [4.69, 9.17) is 0 Å². The highest BCUT2D eigenvalue weighted by Crippen LogP contribution is 2.29. The zero-order valence-corrected chi connectivity index (χ0v) is 10.5. The molecule has 3 aromatic rings. The molecule has 84 valence electrons. The standard InChI is InChI=1S/C13H11N3S/c1-8-9(2)17-13-11(8)7-15-12(16-13)10-4-3-5-14-6-10/h3-7H,1-2H3. The van der Waals surface area contributed by atoms with Gasteiger partial charge in [0.25, 0.3) is 0 Å². The van der Waals surface area contributed by atoms with Gasteiger partial charge in [0, 0.05) is 34.4 Å². The van der Waals surface area contributed by atoms with Crippen LogP contribution in [0.5, 0.6) is 0 Å². The molecule has 0 aliphatic carbocycles. The number of aryl methyl sites for hydroxylation is 2. The molecular formula is C13H11N3S. The first-order valence-corrected chi connectivity index (χ1v) is 6.20. The van der Waals surface area contributed by atoms with Gasteiger partial charge in [0.05, 0.1) is 0 Å².